The zero-order valence-electron chi connectivity index (χ0n) is 11.8. The van der Waals surface area contributed by atoms with Crippen LogP contribution in [0.4, 0.5) is 0 Å². The molecule has 5 nitrogen and oxygen atoms in total. The van der Waals surface area contributed by atoms with E-state index >= 15 is 0 Å². The molecule has 0 amide bonds. The normalized spacial score (nSPS) is 16.5. The Bertz CT molecular complexity index is 642. The van der Waals surface area contributed by atoms with Crippen LogP contribution in [-0.4, -0.2) is 34.9 Å². The molecule has 1 N–H and O–H groups in total. The predicted octanol–water partition coefficient (Wildman–Crippen LogP) is 2.14. The number of hydrogen-bond donors (Lipinski definition) is 1. The summed E-state index contributed by atoms with van der Waals surface area (Å²) >= 11 is 0. The summed E-state index contributed by atoms with van der Waals surface area (Å²) in [5.41, 5.74) is 1.89. The highest BCUT2D eigenvalue weighted by molar-refractivity contribution is 5.90. The Morgan fingerprint density at radius 3 is 2.85 bits per heavy atom. The van der Waals surface area contributed by atoms with E-state index in [9.17, 15) is 4.79 Å². The van der Waals surface area contributed by atoms with Gasteiger partial charge in [0.05, 0.1) is 11.7 Å². The molecule has 2 aromatic rings. The summed E-state index contributed by atoms with van der Waals surface area (Å²) in [7, 11) is 0. The highest BCUT2D eigenvalue weighted by atomic mass is 16.5. The van der Waals surface area contributed by atoms with Crippen LogP contribution in [-0.2, 0) is 0 Å². The molecule has 0 spiro atoms. The molecular formula is C15H19N3O2. The number of fused-ring (bicyclic) bond motifs is 1. The van der Waals surface area contributed by atoms with Crippen molar-refractivity contribution in [2.24, 2.45) is 0 Å². The molecule has 0 bridgehead atoms. The van der Waals surface area contributed by atoms with Gasteiger partial charge in [-0.2, -0.15) is 5.10 Å². The number of piperidine rings is 1. The summed E-state index contributed by atoms with van der Waals surface area (Å²) in [4.78, 5) is 11.6. The van der Waals surface area contributed by atoms with Crippen molar-refractivity contribution in [1.82, 2.24) is 15.1 Å². The van der Waals surface area contributed by atoms with Crippen molar-refractivity contribution >= 4 is 16.8 Å². The Balaban J connectivity index is 1.95. The molecular weight excluding hydrogens is 254 g/mol. The van der Waals surface area contributed by atoms with Gasteiger partial charge in [-0.3, -0.25) is 4.79 Å². The van der Waals surface area contributed by atoms with Gasteiger partial charge in [0.25, 0.3) is 0 Å². The van der Waals surface area contributed by atoms with E-state index in [4.69, 9.17) is 4.74 Å². The van der Waals surface area contributed by atoms with Crippen LogP contribution in [0.3, 0.4) is 0 Å². The largest absolute Gasteiger partial charge is 0.490 e. The maximum absolute atomic E-state index is 11.6. The lowest BCUT2D eigenvalue weighted by atomic mass is 10.1. The third-order valence-corrected chi connectivity index (χ3v) is 3.74. The molecule has 106 valence electrons. The van der Waals surface area contributed by atoms with Crippen molar-refractivity contribution in [2.45, 2.75) is 32.8 Å². The molecule has 0 radical (unpaired) electrons. The van der Waals surface area contributed by atoms with Gasteiger partial charge in [-0.25, -0.2) is 4.68 Å². The molecule has 2 heterocycles. The fraction of sp³-hybridized carbons (Fsp3) is 0.467. The number of rotatable bonds is 2. The van der Waals surface area contributed by atoms with Crippen molar-refractivity contribution in [1.29, 1.82) is 0 Å². The summed E-state index contributed by atoms with van der Waals surface area (Å²) in [5.74, 6) is 0.768. The summed E-state index contributed by atoms with van der Waals surface area (Å²) < 4.78 is 7.53. The maximum atomic E-state index is 11.6. The molecule has 20 heavy (non-hydrogen) atoms. The first kappa shape index (κ1) is 13.1. The summed E-state index contributed by atoms with van der Waals surface area (Å²) in [6.07, 6.45) is 4.01. The van der Waals surface area contributed by atoms with Gasteiger partial charge in [0.2, 0.25) is 5.91 Å². The Hall–Kier alpha value is -1.88. The van der Waals surface area contributed by atoms with Gasteiger partial charge < -0.3 is 10.1 Å². The van der Waals surface area contributed by atoms with E-state index in [2.05, 4.69) is 10.4 Å². The molecule has 0 aliphatic carbocycles. The lowest BCUT2D eigenvalue weighted by Crippen LogP contribution is -2.34. The smallest absolute Gasteiger partial charge is 0.244 e. The van der Waals surface area contributed by atoms with E-state index in [0.29, 0.717) is 0 Å². The van der Waals surface area contributed by atoms with Gasteiger partial charge >= 0.3 is 0 Å². The van der Waals surface area contributed by atoms with E-state index in [1.54, 1.807) is 6.20 Å². The molecule has 0 saturated carbocycles. The highest BCUT2D eigenvalue weighted by Gasteiger charge is 2.17. The molecule has 5 heteroatoms. The first-order valence-corrected chi connectivity index (χ1v) is 7.02. The van der Waals surface area contributed by atoms with Crippen LogP contribution < -0.4 is 10.1 Å². The van der Waals surface area contributed by atoms with E-state index in [1.165, 1.54) is 11.6 Å². The number of aromatic nitrogens is 2. The molecule has 1 fully saturated rings. The molecule has 0 atom stereocenters. The lowest BCUT2D eigenvalue weighted by Gasteiger charge is -2.24. The van der Waals surface area contributed by atoms with E-state index in [1.807, 2.05) is 19.1 Å². The van der Waals surface area contributed by atoms with Crippen molar-refractivity contribution in [3.8, 4) is 5.75 Å². The number of carbonyl (C=O) groups is 1. The SMILES string of the molecule is CC(=O)n1ncc2cc(C)c(OC3CCNCC3)cc21. The molecule has 1 aliphatic rings. The first-order chi connectivity index (χ1) is 9.65. The number of aryl methyl sites for hydroxylation is 1. The van der Waals surface area contributed by atoms with Crippen LogP contribution >= 0.6 is 0 Å². The maximum Gasteiger partial charge on any atom is 0.244 e. The van der Waals surface area contributed by atoms with Crippen molar-refractivity contribution in [3.63, 3.8) is 0 Å². The highest BCUT2D eigenvalue weighted by Crippen LogP contribution is 2.27. The van der Waals surface area contributed by atoms with Gasteiger partial charge in [-0.05, 0) is 44.5 Å². The van der Waals surface area contributed by atoms with Gasteiger partial charge in [-0.1, -0.05) is 0 Å². The second-order valence-corrected chi connectivity index (χ2v) is 5.32. The zero-order valence-corrected chi connectivity index (χ0v) is 11.8. The van der Waals surface area contributed by atoms with Crippen molar-refractivity contribution in [2.75, 3.05) is 13.1 Å². The minimum absolute atomic E-state index is 0.0864. The van der Waals surface area contributed by atoms with E-state index in [-0.39, 0.29) is 12.0 Å². The first-order valence-electron chi connectivity index (χ1n) is 7.02. The summed E-state index contributed by atoms with van der Waals surface area (Å²) in [5, 5.41) is 8.42. The monoisotopic (exact) mass is 273 g/mol. The average Bonchev–Trinajstić information content (AvgIpc) is 2.83. The lowest BCUT2D eigenvalue weighted by molar-refractivity contribution is 0.0926. The molecule has 1 aliphatic heterocycles. The minimum Gasteiger partial charge on any atom is -0.490 e. The third kappa shape index (κ3) is 2.41. The fourth-order valence-corrected chi connectivity index (χ4v) is 2.64. The van der Waals surface area contributed by atoms with Crippen LogP contribution in [0, 0.1) is 6.92 Å². The Labute approximate surface area is 117 Å². The van der Waals surface area contributed by atoms with Crippen molar-refractivity contribution < 1.29 is 9.53 Å². The topological polar surface area (TPSA) is 56.2 Å². The molecule has 1 aromatic heterocycles. The average molecular weight is 273 g/mol. The molecule has 1 aromatic carbocycles. The predicted molar refractivity (Wildman–Crippen MR) is 77.3 cm³/mol. The summed E-state index contributed by atoms with van der Waals surface area (Å²) in [6.45, 7) is 5.54. The quantitative estimate of drug-likeness (QED) is 0.910. The molecule has 3 rings (SSSR count). The molecule has 0 unspecified atom stereocenters. The zero-order chi connectivity index (χ0) is 14.1. The van der Waals surface area contributed by atoms with Crippen LogP contribution in [0.1, 0.15) is 30.1 Å². The van der Waals surface area contributed by atoms with Gasteiger partial charge in [-0.15, -0.1) is 0 Å². The second kappa shape index (κ2) is 5.25. The fourth-order valence-electron chi connectivity index (χ4n) is 2.64. The van der Waals surface area contributed by atoms with E-state index in [0.717, 1.165) is 48.1 Å². The number of nitrogens with one attached hydrogen (secondary N) is 1. The van der Waals surface area contributed by atoms with E-state index < -0.39 is 0 Å². The van der Waals surface area contributed by atoms with Crippen LogP contribution in [0.25, 0.3) is 10.9 Å². The Morgan fingerprint density at radius 2 is 2.15 bits per heavy atom. The van der Waals surface area contributed by atoms with Crippen LogP contribution in [0.2, 0.25) is 0 Å². The standard InChI is InChI=1S/C15H19N3O2/c1-10-7-12-9-17-18(11(2)19)14(12)8-15(10)20-13-3-5-16-6-4-13/h7-9,13,16H,3-6H2,1-2H3. The minimum atomic E-state index is -0.0864. The second-order valence-electron chi connectivity index (χ2n) is 5.32. The van der Waals surface area contributed by atoms with Gasteiger partial charge in [0.15, 0.2) is 0 Å². The van der Waals surface area contributed by atoms with Crippen LogP contribution in [0.15, 0.2) is 18.3 Å². The van der Waals surface area contributed by atoms with Gasteiger partial charge in [0, 0.05) is 18.4 Å². The molecule has 1 saturated heterocycles. The Morgan fingerprint density at radius 1 is 1.40 bits per heavy atom. The number of benzene rings is 1. The van der Waals surface area contributed by atoms with Crippen LogP contribution in [0.5, 0.6) is 5.75 Å². The summed E-state index contributed by atoms with van der Waals surface area (Å²) in [6, 6.07) is 3.96. The van der Waals surface area contributed by atoms with Gasteiger partial charge in [0.1, 0.15) is 11.9 Å². The number of ether oxygens (including phenoxy) is 1. The Kier molecular flexibility index (Phi) is 3.44. The van der Waals surface area contributed by atoms with Crippen molar-refractivity contribution in [3.05, 3.63) is 23.9 Å². The third-order valence-electron chi connectivity index (χ3n) is 3.74. The number of nitrogens with zero attached hydrogens (tertiary/aromatic N) is 2. The number of hydrogen-bond acceptors (Lipinski definition) is 4. The number of carbonyl (C=O) groups excluding carboxylic acids is 1.